The van der Waals surface area contributed by atoms with Crippen LogP contribution in [0.3, 0.4) is 0 Å². The average molecular weight is 345 g/mol. The lowest BCUT2D eigenvalue weighted by atomic mass is 9.94. The minimum absolute atomic E-state index is 0.104. The van der Waals surface area contributed by atoms with E-state index in [1.54, 1.807) is 30.1 Å². The first kappa shape index (κ1) is 17.3. The number of benzene rings is 1. The summed E-state index contributed by atoms with van der Waals surface area (Å²) in [5, 5.41) is 0. The van der Waals surface area contributed by atoms with E-state index in [4.69, 9.17) is 4.42 Å². The number of fused-ring (bicyclic) bond motifs is 1. The molecule has 0 unspecified atom stereocenters. The van der Waals surface area contributed by atoms with Gasteiger partial charge in [0.25, 0.3) is 5.91 Å². The van der Waals surface area contributed by atoms with Crippen molar-refractivity contribution in [2.45, 2.75) is 20.8 Å². The molecular weight excluding hydrogens is 322 g/mol. The molecule has 0 saturated carbocycles. The van der Waals surface area contributed by atoms with Gasteiger partial charge in [0.05, 0.1) is 5.52 Å². The zero-order chi connectivity index (χ0) is 18.4. The van der Waals surface area contributed by atoms with Crippen molar-refractivity contribution < 1.29 is 14.0 Å². The molecule has 0 spiro atoms. The second kappa shape index (κ2) is 6.06. The van der Waals surface area contributed by atoms with Gasteiger partial charge in [0.15, 0.2) is 5.58 Å². The van der Waals surface area contributed by atoms with E-state index in [9.17, 15) is 14.4 Å². The third-order valence-electron chi connectivity index (χ3n) is 4.53. The second-order valence-corrected chi connectivity index (χ2v) is 7.44. The van der Waals surface area contributed by atoms with Gasteiger partial charge in [0.2, 0.25) is 5.91 Å². The Labute approximate surface area is 145 Å². The summed E-state index contributed by atoms with van der Waals surface area (Å²) in [4.78, 5) is 40.1. The fourth-order valence-electron chi connectivity index (χ4n) is 3.04. The lowest BCUT2D eigenvalue weighted by molar-refractivity contribution is -0.140. The number of aryl methyl sites for hydroxylation is 1. The molecule has 1 aliphatic rings. The monoisotopic (exact) mass is 345 g/mol. The zero-order valence-electron chi connectivity index (χ0n) is 15.0. The van der Waals surface area contributed by atoms with Crippen molar-refractivity contribution in [3.8, 4) is 0 Å². The van der Waals surface area contributed by atoms with Crippen LogP contribution in [0.15, 0.2) is 27.4 Å². The van der Waals surface area contributed by atoms with Crippen molar-refractivity contribution in [2.24, 2.45) is 12.5 Å². The average Bonchev–Trinajstić information content (AvgIpc) is 2.86. The highest BCUT2D eigenvalue weighted by atomic mass is 16.4. The highest BCUT2D eigenvalue weighted by Crippen LogP contribution is 2.20. The van der Waals surface area contributed by atoms with Crippen LogP contribution in [0, 0.1) is 5.41 Å². The van der Waals surface area contributed by atoms with Crippen molar-refractivity contribution >= 4 is 22.9 Å². The summed E-state index contributed by atoms with van der Waals surface area (Å²) < 4.78 is 6.55. The van der Waals surface area contributed by atoms with Crippen LogP contribution in [0.1, 0.15) is 31.1 Å². The third-order valence-corrected chi connectivity index (χ3v) is 4.53. The molecule has 1 aliphatic heterocycles. The number of nitrogens with zero attached hydrogens (tertiary/aromatic N) is 3. The molecule has 25 heavy (non-hydrogen) atoms. The van der Waals surface area contributed by atoms with E-state index in [-0.39, 0.29) is 11.8 Å². The predicted octanol–water partition coefficient (Wildman–Crippen LogP) is 1.46. The lowest BCUT2D eigenvalue weighted by Crippen LogP contribution is -2.53. The van der Waals surface area contributed by atoms with E-state index < -0.39 is 11.2 Å². The molecule has 134 valence electrons. The highest BCUT2D eigenvalue weighted by Gasteiger charge is 2.31. The third kappa shape index (κ3) is 3.18. The second-order valence-electron chi connectivity index (χ2n) is 7.44. The number of hydrogen-bond acceptors (Lipinski definition) is 4. The van der Waals surface area contributed by atoms with Crippen LogP contribution in [0.25, 0.3) is 11.1 Å². The van der Waals surface area contributed by atoms with Crippen LogP contribution in [0.5, 0.6) is 0 Å². The topological polar surface area (TPSA) is 75.8 Å². The Morgan fingerprint density at radius 3 is 2.24 bits per heavy atom. The smallest absolute Gasteiger partial charge is 0.408 e. The molecule has 7 heteroatoms. The van der Waals surface area contributed by atoms with Crippen molar-refractivity contribution in [1.82, 2.24) is 14.4 Å². The van der Waals surface area contributed by atoms with Gasteiger partial charge < -0.3 is 14.2 Å². The van der Waals surface area contributed by atoms with Crippen molar-refractivity contribution in [3.05, 3.63) is 34.3 Å². The Kier molecular flexibility index (Phi) is 4.18. The number of aromatic nitrogens is 1. The van der Waals surface area contributed by atoms with Gasteiger partial charge in [-0.3, -0.25) is 14.2 Å². The molecule has 3 rings (SSSR count). The number of carbonyl (C=O) groups is 2. The largest absolute Gasteiger partial charge is 0.419 e. The van der Waals surface area contributed by atoms with Crippen LogP contribution in [-0.2, 0) is 11.8 Å². The maximum atomic E-state index is 12.7. The van der Waals surface area contributed by atoms with E-state index in [0.717, 1.165) is 0 Å². The maximum Gasteiger partial charge on any atom is 0.419 e. The van der Waals surface area contributed by atoms with Crippen LogP contribution >= 0.6 is 0 Å². The van der Waals surface area contributed by atoms with Crippen LogP contribution in [-0.4, -0.2) is 52.4 Å². The summed E-state index contributed by atoms with van der Waals surface area (Å²) in [7, 11) is 1.63. The Morgan fingerprint density at radius 2 is 1.64 bits per heavy atom. The van der Waals surface area contributed by atoms with E-state index in [0.29, 0.717) is 42.8 Å². The van der Waals surface area contributed by atoms with Crippen molar-refractivity contribution in [2.75, 3.05) is 26.2 Å². The molecule has 0 atom stereocenters. The molecule has 2 amide bonds. The first-order chi connectivity index (χ1) is 11.7. The van der Waals surface area contributed by atoms with Crippen LogP contribution in [0.2, 0.25) is 0 Å². The fraction of sp³-hybridized carbons (Fsp3) is 0.500. The summed E-state index contributed by atoms with van der Waals surface area (Å²) in [5.74, 6) is -0.461. The molecule has 0 bridgehead atoms. The van der Waals surface area contributed by atoms with Gasteiger partial charge in [0, 0.05) is 44.2 Å². The summed E-state index contributed by atoms with van der Waals surface area (Å²) in [6.07, 6.45) is 0. The van der Waals surface area contributed by atoms with E-state index in [2.05, 4.69) is 0 Å². The van der Waals surface area contributed by atoms with Gasteiger partial charge >= 0.3 is 5.76 Å². The highest BCUT2D eigenvalue weighted by molar-refractivity contribution is 5.97. The van der Waals surface area contributed by atoms with Gasteiger partial charge in [-0.05, 0) is 18.2 Å². The van der Waals surface area contributed by atoms with Crippen molar-refractivity contribution in [3.63, 3.8) is 0 Å². The number of amides is 2. The van der Waals surface area contributed by atoms with Crippen LogP contribution < -0.4 is 5.76 Å². The molecule has 2 heterocycles. The maximum absolute atomic E-state index is 12.7. The summed E-state index contributed by atoms with van der Waals surface area (Å²) in [5.41, 5.74) is 1.13. The Bertz CT molecular complexity index is 880. The molecule has 1 aromatic heterocycles. The molecule has 2 aromatic rings. The SMILES string of the molecule is Cn1c(=O)oc2cc(C(=O)N3CCN(C(=O)C(C)(C)C)CC3)ccc21. The molecule has 1 fully saturated rings. The molecule has 1 aromatic carbocycles. The van der Waals surface area contributed by atoms with Crippen LogP contribution in [0.4, 0.5) is 0 Å². The number of hydrogen-bond donors (Lipinski definition) is 0. The van der Waals surface area contributed by atoms with Gasteiger partial charge in [-0.2, -0.15) is 0 Å². The number of oxazole rings is 1. The Morgan fingerprint density at radius 1 is 1.04 bits per heavy atom. The first-order valence-electron chi connectivity index (χ1n) is 8.37. The molecule has 1 saturated heterocycles. The molecule has 0 aliphatic carbocycles. The van der Waals surface area contributed by atoms with Gasteiger partial charge in [-0.15, -0.1) is 0 Å². The minimum atomic E-state index is -0.450. The van der Waals surface area contributed by atoms with E-state index >= 15 is 0 Å². The minimum Gasteiger partial charge on any atom is -0.408 e. The van der Waals surface area contributed by atoms with E-state index in [1.165, 1.54) is 4.57 Å². The summed E-state index contributed by atoms with van der Waals surface area (Å²) >= 11 is 0. The lowest BCUT2D eigenvalue weighted by Gasteiger charge is -2.37. The number of rotatable bonds is 1. The molecule has 7 nitrogen and oxygen atoms in total. The van der Waals surface area contributed by atoms with Gasteiger partial charge in [-0.25, -0.2) is 4.79 Å². The van der Waals surface area contributed by atoms with Gasteiger partial charge in [0.1, 0.15) is 0 Å². The fourth-order valence-corrected chi connectivity index (χ4v) is 3.04. The Hall–Kier alpha value is -2.57. The van der Waals surface area contributed by atoms with Crippen molar-refractivity contribution in [1.29, 1.82) is 0 Å². The number of carbonyl (C=O) groups excluding carboxylic acids is 2. The Balaban J connectivity index is 1.73. The molecular formula is C18H23N3O4. The summed E-state index contributed by atoms with van der Waals surface area (Å²) in [6.45, 7) is 7.75. The summed E-state index contributed by atoms with van der Waals surface area (Å²) in [6, 6.07) is 5.02. The standard InChI is InChI=1S/C18H23N3O4/c1-18(2,3)16(23)21-9-7-20(8-10-21)15(22)12-5-6-13-14(11-12)25-17(24)19(13)4/h5-6,11H,7-10H2,1-4H3. The molecule has 0 radical (unpaired) electrons. The normalized spacial score (nSPS) is 15.7. The zero-order valence-corrected chi connectivity index (χ0v) is 15.0. The quantitative estimate of drug-likeness (QED) is 0.784. The first-order valence-corrected chi connectivity index (χ1v) is 8.37. The van der Waals surface area contributed by atoms with E-state index in [1.807, 2.05) is 25.7 Å². The molecule has 0 N–H and O–H groups in total. The number of piperazine rings is 1. The predicted molar refractivity (Wildman–Crippen MR) is 93.4 cm³/mol. The van der Waals surface area contributed by atoms with Gasteiger partial charge in [-0.1, -0.05) is 20.8 Å².